The Bertz CT molecular complexity index is 802. The number of carbonyl (C=O) groups is 1. The van der Waals surface area contributed by atoms with Crippen molar-refractivity contribution in [3.8, 4) is 5.75 Å². The van der Waals surface area contributed by atoms with Crippen LogP contribution in [-0.4, -0.2) is 60.5 Å². The Morgan fingerprint density at radius 1 is 1.24 bits per heavy atom. The molecule has 0 saturated carbocycles. The molecule has 0 spiro atoms. The number of carbonyl (C=O) groups excluding carboxylic acids is 1. The van der Waals surface area contributed by atoms with Crippen LogP contribution in [0.4, 0.5) is 13.2 Å². The number of benzene rings is 1. The summed E-state index contributed by atoms with van der Waals surface area (Å²) in [5.41, 5.74) is -0.0128. The topological polar surface area (TPSA) is 68.6 Å². The molecule has 3 rings (SSSR count). The molecule has 29 heavy (non-hydrogen) atoms. The summed E-state index contributed by atoms with van der Waals surface area (Å²) in [7, 11) is 1.59. The molecule has 1 aliphatic rings. The van der Waals surface area contributed by atoms with Gasteiger partial charge in [-0.2, -0.15) is 18.3 Å². The first kappa shape index (κ1) is 21.1. The minimum absolute atomic E-state index is 0.0860. The summed E-state index contributed by atoms with van der Waals surface area (Å²) < 4.78 is 49.5. The summed E-state index contributed by atoms with van der Waals surface area (Å²) in [6.07, 6.45) is -3.39. The van der Waals surface area contributed by atoms with Crippen LogP contribution < -0.4 is 10.1 Å². The smallest absolute Gasteiger partial charge is 0.435 e. The van der Waals surface area contributed by atoms with Crippen molar-refractivity contribution in [1.82, 2.24) is 20.0 Å². The maximum Gasteiger partial charge on any atom is 0.435 e. The van der Waals surface area contributed by atoms with Crippen molar-refractivity contribution in [2.24, 2.45) is 0 Å². The van der Waals surface area contributed by atoms with Crippen LogP contribution >= 0.6 is 0 Å². The van der Waals surface area contributed by atoms with E-state index in [1.807, 2.05) is 24.3 Å². The first-order valence-electron chi connectivity index (χ1n) is 9.20. The molecular formula is C19H23F3N4O3. The van der Waals surface area contributed by atoms with Gasteiger partial charge < -0.3 is 14.8 Å². The quantitative estimate of drug-likeness (QED) is 0.755. The number of amides is 1. The number of aromatic nitrogens is 2. The molecule has 1 unspecified atom stereocenters. The van der Waals surface area contributed by atoms with E-state index in [1.165, 1.54) is 0 Å². The van der Waals surface area contributed by atoms with E-state index in [2.05, 4.69) is 15.3 Å². The normalized spacial score (nSPS) is 16.4. The molecule has 1 saturated heterocycles. The van der Waals surface area contributed by atoms with Crippen molar-refractivity contribution in [3.63, 3.8) is 0 Å². The summed E-state index contributed by atoms with van der Waals surface area (Å²) in [5, 5.41) is 6.21. The number of methoxy groups -OCH3 is 1. The van der Waals surface area contributed by atoms with Gasteiger partial charge in [-0.25, -0.2) is 0 Å². The van der Waals surface area contributed by atoms with Crippen molar-refractivity contribution in [3.05, 3.63) is 47.8 Å². The number of halogens is 3. The number of hydrogen-bond acceptors (Lipinski definition) is 5. The van der Waals surface area contributed by atoms with Crippen LogP contribution in [-0.2, 0) is 22.3 Å². The molecule has 1 aromatic heterocycles. The zero-order valence-corrected chi connectivity index (χ0v) is 16.0. The molecule has 0 bridgehead atoms. The summed E-state index contributed by atoms with van der Waals surface area (Å²) in [5.74, 6) is 0.325. The van der Waals surface area contributed by atoms with Crippen LogP contribution in [0.1, 0.15) is 17.3 Å². The highest BCUT2D eigenvalue weighted by atomic mass is 19.4. The van der Waals surface area contributed by atoms with E-state index >= 15 is 0 Å². The lowest BCUT2D eigenvalue weighted by Crippen LogP contribution is -2.44. The minimum Gasteiger partial charge on any atom is -0.497 e. The third-order valence-electron chi connectivity index (χ3n) is 4.72. The Morgan fingerprint density at radius 3 is 2.52 bits per heavy atom. The van der Waals surface area contributed by atoms with Gasteiger partial charge in [0.05, 0.1) is 26.4 Å². The number of alkyl halides is 3. The van der Waals surface area contributed by atoms with Crippen molar-refractivity contribution in [2.45, 2.75) is 18.8 Å². The van der Waals surface area contributed by atoms with Crippen molar-refractivity contribution < 1.29 is 27.4 Å². The zero-order valence-electron chi connectivity index (χ0n) is 16.0. The van der Waals surface area contributed by atoms with E-state index in [1.54, 1.807) is 7.11 Å². The molecule has 1 atom stereocenters. The van der Waals surface area contributed by atoms with Gasteiger partial charge in [-0.15, -0.1) is 0 Å². The highest BCUT2D eigenvalue weighted by molar-refractivity contribution is 5.75. The monoisotopic (exact) mass is 412 g/mol. The molecule has 1 aromatic carbocycles. The van der Waals surface area contributed by atoms with E-state index in [9.17, 15) is 18.0 Å². The standard InChI is InChI=1S/C19H23F3N4O3/c1-28-15-4-2-14(3-5-15)16(25-8-10-29-11-9-25)12-23-18(27)13-26-7-6-17(24-26)19(20,21)22/h2-7,16H,8-13H2,1H3,(H,23,27). The molecule has 1 amide bonds. The van der Waals surface area contributed by atoms with Crippen LogP contribution in [0.2, 0.25) is 0 Å². The van der Waals surface area contributed by atoms with E-state index in [-0.39, 0.29) is 12.6 Å². The fourth-order valence-electron chi connectivity index (χ4n) is 3.19. The molecule has 10 heteroatoms. The number of rotatable bonds is 7. The number of morpholine rings is 1. The van der Waals surface area contributed by atoms with E-state index in [0.29, 0.717) is 19.8 Å². The van der Waals surface area contributed by atoms with Crippen LogP contribution in [0, 0.1) is 0 Å². The number of nitrogens with one attached hydrogen (secondary N) is 1. The zero-order chi connectivity index (χ0) is 20.9. The summed E-state index contributed by atoms with van der Waals surface area (Å²) in [6.45, 7) is 2.69. The Kier molecular flexibility index (Phi) is 6.75. The summed E-state index contributed by atoms with van der Waals surface area (Å²) in [4.78, 5) is 14.5. The summed E-state index contributed by atoms with van der Waals surface area (Å²) in [6, 6.07) is 8.35. The van der Waals surface area contributed by atoms with Gasteiger partial charge in [0.25, 0.3) is 0 Å². The first-order chi connectivity index (χ1) is 13.9. The number of hydrogen-bond donors (Lipinski definition) is 1. The van der Waals surface area contributed by atoms with E-state index in [4.69, 9.17) is 9.47 Å². The lowest BCUT2D eigenvalue weighted by molar-refractivity contribution is -0.141. The SMILES string of the molecule is COc1ccc(C(CNC(=O)Cn2ccc(C(F)(F)F)n2)N2CCOCC2)cc1. The Morgan fingerprint density at radius 2 is 1.93 bits per heavy atom. The van der Waals surface area contributed by atoms with Gasteiger partial charge in [-0.3, -0.25) is 14.4 Å². The Hall–Kier alpha value is -2.59. The van der Waals surface area contributed by atoms with Gasteiger partial charge in [0.15, 0.2) is 5.69 Å². The van der Waals surface area contributed by atoms with Crippen molar-refractivity contribution >= 4 is 5.91 Å². The van der Waals surface area contributed by atoms with Crippen LogP contribution in [0.3, 0.4) is 0 Å². The molecular weight excluding hydrogens is 389 g/mol. The van der Waals surface area contributed by atoms with Gasteiger partial charge in [-0.05, 0) is 23.8 Å². The van der Waals surface area contributed by atoms with Crippen LogP contribution in [0.5, 0.6) is 5.75 Å². The minimum atomic E-state index is -4.53. The van der Waals surface area contributed by atoms with Gasteiger partial charge in [0, 0.05) is 25.8 Å². The average molecular weight is 412 g/mol. The molecule has 7 nitrogen and oxygen atoms in total. The predicted octanol–water partition coefficient (Wildman–Crippen LogP) is 2.10. The molecule has 2 aromatic rings. The summed E-state index contributed by atoms with van der Waals surface area (Å²) >= 11 is 0. The van der Waals surface area contributed by atoms with Gasteiger partial charge in [0.1, 0.15) is 12.3 Å². The molecule has 2 heterocycles. The maximum atomic E-state index is 12.6. The number of nitrogens with zero attached hydrogens (tertiary/aromatic N) is 3. The van der Waals surface area contributed by atoms with Crippen LogP contribution in [0.15, 0.2) is 36.5 Å². The lowest BCUT2D eigenvalue weighted by Gasteiger charge is -2.35. The lowest BCUT2D eigenvalue weighted by atomic mass is 10.0. The highest BCUT2D eigenvalue weighted by Gasteiger charge is 2.33. The van der Waals surface area contributed by atoms with Gasteiger partial charge in [0.2, 0.25) is 5.91 Å². The molecule has 1 N–H and O–H groups in total. The second-order valence-electron chi connectivity index (χ2n) is 6.64. The second-order valence-corrected chi connectivity index (χ2v) is 6.64. The van der Waals surface area contributed by atoms with Gasteiger partial charge in [-0.1, -0.05) is 12.1 Å². The molecule has 0 radical (unpaired) electrons. The third kappa shape index (κ3) is 5.70. The van der Waals surface area contributed by atoms with E-state index < -0.39 is 17.8 Å². The Balaban J connectivity index is 1.64. The second kappa shape index (κ2) is 9.27. The molecule has 1 aliphatic heterocycles. The average Bonchev–Trinajstić information content (AvgIpc) is 3.18. The Labute approximate surface area is 166 Å². The van der Waals surface area contributed by atoms with Gasteiger partial charge >= 0.3 is 6.18 Å². The third-order valence-corrected chi connectivity index (χ3v) is 4.72. The highest BCUT2D eigenvalue weighted by Crippen LogP contribution is 2.27. The van der Waals surface area contributed by atoms with Crippen molar-refractivity contribution in [1.29, 1.82) is 0 Å². The molecule has 1 fully saturated rings. The molecule has 0 aliphatic carbocycles. The molecule has 158 valence electrons. The fourth-order valence-corrected chi connectivity index (χ4v) is 3.19. The van der Waals surface area contributed by atoms with Crippen molar-refractivity contribution in [2.75, 3.05) is 40.0 Å². The largest absolute Gasteiger partial charge is 0.497 e. The fraction of sp³-hybridized carbons (Fsp3) is 0.474. The maximum absolute atomic E-state index is 12.6. The van der Waals surface area contributed by atoms with Crippen LogP contribution in [0.25, 0.3) is 0 Å². The number of ether oxygens (including phenoxy) is 2. The first-order valence-corrected chi connectivity index (χ1v) is 9.20. The van der Waals surface area contributed by atoms with E-state index in [0.717, 1.165) is 41.3 Å². The predicted molar refractivity (Wildman–Crippen MR) is 98.4 cm³/mol.